The molecular formula is C40H46FeN10O9S2. The molecule has 19 nitrogen and oxygen atoms in total. The Morgan fingerprint density at radius 3 is 1.68 bits per heavy atom. The number of nitrogens with two attached hydrogens (primary N) is 1. The van der Waals surface area contributed by atoms with Crippen LogP contribution in [0.15, 0.2) is 92.8 Å². The van der Waals surface area contributed by atoms with E-state index in [0.717, 1.165) is 53.8 Å². The molecule has 4 aliphatic rings. The molecule has 4 heterocycles. The molecule has 0 aromatic heterocycles. The summed E-state index contributed by atoms with van der Waals surface area (Å²) in [4.78, 5) is 32.8. The van der Waals surface area contributed by atoms with Crippen molar-refractivity contribution in [2.24, 2.45) is 20.0 Å². The number of benzene rings is 4. The number of para-hydroxylation sites is 2. The second-order valence-corrected chi connectivity index (χ2v) is 17.3. The van der Waals surface area contributed by atoms with Gasteiger partial charge in [-0.3, -0.25) is 29.5 Å². The SMILES string of the molecule is CCCS(=O)(=O)Nc1cccc(Oc2ccc3c(c2)C2=NCCN2C=N3)c1N.CCCS(=O)(=O)Nc1cccc(Oc2ccc3c(c2)C2=NCCN2C=N3)c1[N+](=O)[O-].CCO.[Fe]. The van der Waals surface area contributed by atoms with E-state index in [-0.39, 0.29) is 52.3 Å². The van der Waals surface area contributed by atoms with Crippen LogP contribution in [0.2, 0.25) is 0 Å². The fourth-order valence-corrected chi connectivity index (χ4v) is 8.75. The molecular weight excluding hydrogens is 884 g/mol. The van der Waals surface area contributed by atoms with Gasteiger partial charge in [-0.05, 0) is 80.4 Å². The van der Waals surface area contributed by atoms with Gasteiger partial charge in [0.2, 0.25) is 25.8 Å². The van der Waals surface area contributed by atoms with Crippen molar-refractivity contribution in [1.82, 2.24) is 9.80 Å². The van der Waals surface area contributed by atoms with Gasteiger partial charge in [-0.25, -0.2) is 26.8 Å². The third kappa shape index (κ3) is 11.2. The van der Waals surface area contributed by atoms with Gasteiger partial charge in [-0.2, -0.15) is 0 Å². The van der Waals surface area contributed by atoms with Gasteiger partial charge < -0.3 is 30.1 Å². The zero-order valence-corrected chi connectivity index (χ0v) is 36.8. The Bertz CT molecular complexity index is 2640. The molecule has 0 saturated carbocycles. The summed E-state index contributed by atoms with van der Waals surface area (Å²) < 4.78 is 64.9. The number of aliphatic hydroxyl groups is 1. The Hall–Kier alpha value is -6.06. The average Bonchev–Trinajstić information content (AvgIpc) is 3.91. The second kappa shape index (κ2) is 20.7. The average molecular weight is 931 g/mol. The van der Waals surface area contributed by atoms with Crippen LogP contribution in [0.4, 0.5) is 34.1 Å². The van der Waals surface area contributed by atoms with E-state index >= 15 is 0 Å². The maximum Gasteiger partial charge on any atom is 0.335 e. The molecule has 4 aromatic rings. The van der Waals surface area contributed by atoms with E-state index in [1.54, 1.807) is 75.9 Å². The predicted molar refractivity (Wildman–Crippen MR) is 238 cm³/mol. The summed E-state index contributed by atoms with van der Waals surface area (Å²) >= 11 is 0. The number of nitro benzene ring substituents is 1. The summed E-state index contributed by atoms with van der Waals surface area (Å²) in [6.45, 7) is 8.40. The first-order valence-corrected chi connectivity index (χ1v) is 22.7. The van der Waals surface area contributed by atoms with Gasteiger partial charge in [0.15, 0.2) is 5.75 Å². The molecule has 0 bridgehead atoms. The molecule has 0 radical (unpaired) electrons. The Morgan fingerprint density at radius 1 is 0.742 bits per heavy atom. The summed E-state index contributed by atoms with van der Waals surface area (Å²) in [6.07, 6.45) is 4.42. The predicted octanol–water partition coefficient (Wildman–Crippen LogP) is 6.22. The number of aliphatic hydroxyl groups excluding tert-OH is 1. The number of nitrogen functional groups attached to an aromatic ring is 1. The first kappa shape index (κ1) is 47.0. The molecule has 8 rings (SSSR count). The third-order valence-corrected chi connectivity index (χ3v) is 12.0. The van der Waals surface area contributed by atoms with Gasteiger partial charge in [-0.1, -0.05) is 26.0 Å². The maximum absolute atomic E-state index is 12.1. The van der Waals surface area contributed by atoms with E-state index in [1.165, 1.54) is 18.2 Å². The summed E-state index contributed by atoms with van der Waals surface area (Å²) in [5, 5.41) is 19.3. The molecule has 4 aromatic carbocycles. The smallest absolute Gasteiger partial charge is 0.335 e. The van der Waals surface area contributed by atoms with Crippen molar-refractivity contribution in [2.45, 2.75) is 33.6 Å². The molecule has 0 fully saturated rings. The van der Waals surface area contributed by atoms with Crippen LogP contribution in [0.25, 0.3) is 0 Å². The number of amidine groups is 2. The Kier molecular flexibility index (Phi) is 15.7. The van der Waals surface area contributed by atoms with Gasteiger partial charge in [0.05, 0.1) is 64.9 Å². The van der Waals surface area contributed by atoms with Gasteiger partial charge >= 0.3 is 5.69 Å². The van der Waals surface area contributed by atoms with Crippen LogP contribution >= 0.6 is 0 Å². The molecule has 0 saturated heterocycles. The minimum Gasteiger partial charge on any atom is -0.455 e. The number of rotatable bonds is 13. The third-order valence-electron chi connectivity index (χ3n) is 9.02. The fourth-order valence-electron chi connectivity index (χ4n) is 6.46. The number of nitrogens with zero attached hydrogens (tertiary/aromatic N) is 7. The summed E-state index contributed by atoms with van der Waals surface area (Å²) in [5.41, 5.74) is 9.33. The topological polar surface area (TPSA) is 256 Å². The Labute approximate surface area is 370 Å². The van der Waals surface area contributed by atoms with E-state index < -0.39 is 30.7 Å². The standard InChI is InChI=1S/C19H19N5O5S.C19H21N5O3S.C2H6O.Fe/c1-2-10-30(27,28)22-16-4-3-5-17(18(16)24(25)26)29-13-6-7-15-14(11-13)19-20-8-9-23(19)12-21-15;1-2-10-28(25,26)23-16-4-3-5-17(18(16)20)27-13-6-7-15-14(11-13)19-21-8-9-24(19)12-22-15;1-2-3;/h3-7,11-12,22H,2,8-10H2,1H3;3-7,11-12,23H,2,8-10,20H2,1H3;3H,2H2,1H3;. The minimum absolute atomic E-state index is 0. The van der Waals surface area contributed by atoms with Crippen molar-refractivity contribution in [3.8, 4) is 23.0 Å². The number of hydrogen-bond donors (Lipinski definition) is 4. The van der Waals surface area contributed by atoms with Gasteiger partial charge in [0.1, 0.15) is 28.9 Å². The Morgan fingerprint density at radius 2 is 1.19 bits per heavy atom. The van der Waals surface area contributed by atoms with Crippen LogP contribution in [-0.4, -0.2) is 105 Å². The molecule has 62 heavy (non-hydrogen) atoms. The normalized spacial score (nSPS) is 14.2. The molecule has 0 unspecified atom stereocenters. The molecule has 0 atom stereocenters. The number of hydrogen-bond acceptors (Lipinski definition) is 16. The van der Waals surface area contributed by atoms with E-state index in [1.807, 2.05) is 21.9 Å². The van der Waals surface area contributed by atoms with Gasteiger partial charge in [-0.15, -0.1) is 0 Å². The molecule has 5 N–H and O–H groups in total. The van der Waals surface area contributed by atoms with E-state index in [9.17, 15) is 26.9 Å². The Balaban J connectivity index is 0.000000217. The number of sulfonamides is 2. The maximum atomic E-state index is 12.1. The molecule has 4 aliphatic heterocycles. The summed E-state index contributed by atoms with van der Waals surface area (Å²) in [7, 11) is -7.14. The van der Waals surface area contributed by atoms with Crippen LogP contribution in [0.1, 0.15) is 44.7 Å². The molecule has 330 valence electrons. The fraction of sp³-hybridized carbons (Fsp3) is 0.300. The minimum atomic E-state index is -3.70. The van der Waals surface area contributed by atoms with Crippen molar-refractivity contribution >= 4 is 78.5 Å². The van der Waals surface area contributed by atoms with Crippen molar-refractivity contribution in [1.29, 1.82) is 0 Å². The van der Waals surface area contributed by atoms with Crippen molar-refractivity contribution < 1.29 is 53.4 Å². The number of fused-ring (bicyclic) bond motifs is 6. The number of anilines is 3. The molecule has 0 spiro atoms. The van der Waals surface area contributed by atoms with Crippen LogP contribution in [-0.2, 0) is 37.1 Å². The first-order valence-electron chi connectivity index (χ1n) is 19.4. The summed E-state index contributed by atoms with van der Waals surface area (Å²) in [5.74, 6) is 2.79. The van der Waals surface area contributed by atoms with Gasteiger partial charge in [0.25, 0.3) is 0 Å². The molecule has 22 heteroatoms. The monoisotopic (exact) mass is 930 g/mol. The molecule has 0 aliphatic carbocycles. The molecule has 0 amide bonds. The zero-order valence-electron chi connectivity index (χ0n) is 34.0. The van der Waals surface area contributed by atoms with Crippen molar-refractivity contribution in [2.75, 3.05) is 59.5 Å². The van der Waals surface area contributed by atoms with Gasteiger partial charge in [0, 0.05) is 47.9 Å². The van der Waals surface area contributed by atoms with Crippen LogP contribution in [0.3, 0.4) is 0 Å². The first-order chi connectivity index (χ1) is 29.3. The zero-order chi connectivity index (χ0) is 43.7. The van der Waals surface area contributed by atoms with Crippen LogP contribution < -0.4 is 24.7 Å². The van der Waals surface area contributed by atoms with Crippen molar-refractivity contribution in [3.63, 3.8) is 0 Å². The van der Waals surface area contributed by atoms with Crippen LogP contribution in [0, 0.1) is 10.1 Å². The van der Waals surface area contributed by atoms with Crippen molar-refractivity contribution in [3.05, 3.63) is 94.0 Å². The van der Waals surface area contributed by atoms with E-state index in [2.05, 4.69) is 29.4 Å². The van der Waals surface area contributed by atoms with Crippen LogP contribution in [0.5, 0.6) is 23.0 Å². The summed E-state index contributed by atoms with van der Waals surface area (Å²) in [6, 6.07) is 19.9. The largest absolute Gasteiger partial charge is 0.455 e. The number of ether oxygens (including phenoxy) is 2. The number of aliphatic imine (C=N–C) groups is 4. The van der Waals surface area contributed by atoms with E-state index in [4.69, 9.17) is 20.3 Å². The quantitative estimate of drug-likeness (QED) is 0.0505. The number of nitrogens with one attached hydrogen (secondary N) is 2. The number of nitro groups is 1. The van der Waals surface area contributed by atoms with E-state index in [0.29, 0.717) is 42.3 Å². The second-order valence-electron chi connectivity index (χ2n) is 13.6.